The standard InChI is InChI=1S/C20H25Cl2N5O2/c21-16-12-17(22)19(25-13-16)23-6-7-24-20(28)26-18(15-4-2-1-3-5-15)14-27-8-10-29-11-9-27/h1-5,12-13,18H,6-11,14H2,(H,23,25)(H2,24,26,28). The van der Waals surface area contributed by atoms with Gasteiger partial charge >= 0.3 is 6.03 Å². The molecule has 0 radical (unpaired) electrons. The minimum absolute atomic E-state index is 0.102. The molecule has 9 heteroatoms. The molecule has 1 aromatic heterocycles. The molecule has 2 amide bonds. The van der Waals surface area contributed by atoms with Gasteiger partial charge in [0, 0.05) is 38.9 Å². The van der Waals surface area contributed by atoms with Gasteiger partial charge in [0.15, 0.2) is 0 Å². The second-order valence-electron chi connectivity index (χ2n) is 6.69. The minimum Gasteiger partial charge on any atom is -0.379 e. The van der Waals surface area contributed by atoms with Crippen molar-refractivity contribution in [3.05, 3.63) is 58.2 Å². The van der Waals surface area contributed by atoms with Crippen molar-refractivity contribution in [1.29, 1.82) is 0 Å². The Kier molecular flexibility index (Phi) is 8.37. The summed E-state index contributed by atoms with van der Waals surface area (Å²) in [6, 6.07) is 11.3. The molecule has 0 bridgehead atoms. The van der Waals surface area contributed by atoms with Crippen LogP contribution >= 0.6 is 23.2 Å². The van der Waals surface area contributed by atoms with Crippen LogP contribution in [0.2, 0.25) is 10.0 Å². The molecular weight excluding hydrogens is 413 g/mol. The zero-order valence-electron chi connectivity index (χ0n) is 16.0. The van der Waals surface area contributed by atoms with Crippen LogP contribution in [-0.2, 0) is 4.74 Å². The van der Waals surface area contributed by atoms with E-state index >= 15 is 0 Å². The van der Waals surface area contributed by atoms with Crippen LogP contribution < -0.4 is 16.0 Å². The number of morpholine rings is 1. The van der Waals surface area contributed by atoms with Crippen molar-refractivity contribution in [1.82, 2.24) is 20.5 Å². The molecule has 3 N–H and O–H groups in total. The molecule has 1 aromatic carbocycles. The highest BCUT2D eigenvalue weighted by molar-refractivity contribution is 6.35. The number of nitrogens with zero attached hydrogens (tertiary/aromatic N) is 2. The number of rotatable bonds is 8. The van der Waals surface area contributed by atoms with Gasteiger partial charge in [-0.05, 0) is 11.6 Å². The summed E-state index contributed by atoms with van der Waals surface area (Å²) in [5.74, 6) is 0.535. The third-order valence-corrected chi connectivity index (χ3v) is 5.06. The minimum atomic E-state index is -0.218. The second-order valence-corrected chi connectivity index (χ2v) is 7.53. The fourth-order valence-corrected chi connectivity index (χ4v) is 3.52. The lowest BCUT2D eigenvalue weighted by Crippen LogP contribution is -2.46. The first-order valence-corrected chi connectivity index (χ1v) is 10.3. The van der Waals surface area contributed by atoms with Gasteiger partial charge in [0.1, 0.15) is 5.82 Å². The highest BCUT2D eigenvalue weighted by Crippen LogP contribution is 2.22. The lowest BCUT2D eigenvalue weighted by Gasteiger charge is -2.31. The highest BCUT2D eigenvalue weighted by atomic mass is 35.5. The van der Waals surface area contributed by atoms with Crippen molar-refractivity contribution in [2.75, 3.05) is 51.3 Å². The number of benzene rings is 1. The Morgan fingerprint density at radius 3 is 2.66 bits per heavy atom. The van der Waals surface area contributed by atoms with Crippen molar-refractivity contribution >= 4 is 35.1 Å². The van der Waals surface area contributed by atoms with Crippen molar-refractivity contribution in [3.63, 3.8) is 0 Å². The summed E-state index contributed by atoms with van der Waals surface area (Å²) in [6.07, 6.45) is 1.52. The Balaban J connectivity index is 1.48. The Hall–Kier alpha value is -2.06. The zero-order chi connectivity index (χ0) is 20.5. The van der Waals surface area contributed by atoms with Gasteiger partial charge in [-0.1, -0.05) is 53.5 Å². The maximum Gasteiger partial charge on any atom is 0.315 e. The Bertz CT molecular complexity index is 788. The van der Waals surface area contributed by atoms with Crippen LogP contribution in [0, 0.1) is 0 Å². The summed E-state index contributed by atoms with van der Waals surface area (Å²) < 4.78 is 5.41. The average molecular weight is 438 g/mol. The van der Waals surface area contributed by atoms with Gasteiger partial charge in [-0.15, -0.1) is 0 Å². The molecule has 3 rings (SSSR count). The van der Waals surface area contributed by atoms with Crippen LogP contribution in [0.25, 0.3) is 0 Å². The number of ether oxygens (including phenoxy) is 1. The molecule has 1 atom stereocenters. The summed E-state index contributed by atoms with van der Waals surface area (Å²) >= 11 is 11.9. The third kappa shape index (κ3) is 7.04. The third-order valence-electron chi connectivity index (χ3n) is 4.56. The van der Waals surface area contributed by atoms with Gasteiger partial charge < -0.3 is 20.7 Å². The van der Waals surface area contributed by atoms with Gasteiger partial charge in [-0.25, -0.2) is 9.78 Å². The van der Waals surface area contributed by atoms with E-state index < -0.39 is 0 Å². The van der Waals surface area contributed by atoms with Crippen LogP contribution in [0.3, 0.4) is 0 Å². The molecule has 0 aliphatic carbocycles. The summed E-state index contributed by atoms with van der Waals surface area (Å²) in [6.45, 7) is 4.83. The van der Waals surface area contributed by atoms with Gasteiger partial charge in [0.2, 0.25) is 0 Å². The molecule has 1 unspecified atom stereocenters. The van der Waals surface area contributed by atoms with Crippen molar-refractivity contribution in [3.8, 4) is 0 Å². The van der Waals surface area contributed by atoms with Crippen LogP contribution in [0.15, 0.2) is 42.6 Å². The largest absolute Gasteiger partial charge is 0.379 e. The molecule has 7 nitrogen and oxygen atoms in total. The quantitative estimate of drug-likeness (QED) is 0.552. The second kappa shape index (κ2) is 11.2. The Morgan fingerprint density at radius 2 is 1.93 bits per heavy atom. The summed E-state index contributed by atoms with van der Waals surface area (Å²) in [5, 5.41) is 9.95. The summed E-state index contributed by atoms with van der Waals surface area (Å²) in [7, 11) is 0. The molecule has 156 valence electrons. The Labute approximate surface area is 180 Å². The van der Waals surface area contributed by atoms with E-state index in [4.69, 9.17) is 27.9 Å². The molecule has 1 fully saturated rings. The SMILES string of the molecule is O=C(NCCNc1ncc(Cl)cc1Cl)NC(CN1CCOCC1)c1ccccc1. The number of anilines is 1. The normalized spacial score (nSPS) is 15.5. The van der Waals surface area contributed by atoms with E-state index in [1.807, 2.05) is 30.3 Å². The number of hydrogen-bond donors (Lipinski definition) is 3. The predicted octanol–water partition coefficient (Wildman–Crippen LogP) is 3.17. The molecule has 1 aliphatic heterocycles. The lowest BCUT2D eigenvalue weighted by molar-refractivity contribution is 0.0340. The van der Waals surface area contributed by atoms with E-state index in [1.165, 1.54) is 6.20 Å². The fraction of sp³-hybridized carbons (Fsp3) is 0.400. The van der Waals surface area contributed by atoms with E-state index in [0.29, 0.717) is 29.0 Å². The number of carbonyl (C=O) groups excluding carboxylic acids is 1. The number of pyridine rings is 1. The molecule has 1 saturated heterocycles. The van der Waals surface area contributed by atoms with E-state index in [9.17, 15) is 4.79 Å². The number of halogens is 2. The summed E-state index contributed by atoms with van der Waals surface area (Å²) in [4.78, 5) is 18.9. The number of nitrogens with one attached hydrogen (secondary N) is 3. The number of hydrogen-bond acceptors (Lipinski definition) is 5. The summed E-state index contributed by atoms with van der Waals surface area (Å²) in [5.41, 5.74) is 1.07. The number of carbonyl (C=O) groups is 1. The maximum absolute atomic E-state index is 12.4. The highest BCUT2D eigenvalue weighted by Gasteiger charge is 2.20. The van der Waals surface area contributed by atoms with E-state index in [1.54, 1.807) is 6.07 Å². The monoisotopic (exact) mass is 437 g/mol. The number of amides is 2. The van der Waals surface area contributed by atoms with Crippen molar-refractivity contribution in [2.45, 2.75) is 6.04 Å². The van der Waals surface area contributed by atoms with Gasteiger partial charge in [0.05, 0.1) is 29.3 Å². The molecule has 1 aliphatic rings. The first-order valence-electron chi connectivity index (χ1n) is 9.56. The van der Waals surface area contributed by atoms with Gasteiger partial charge in [-0.3, -0.25) is 4.90 Å². The van der Waals surface area contributed by atoms with E-state index in [0.717, 1.165) is 38.4 Å². The van der Waals surface area contributed by atoms with E-state index in [-0.39, 0.29) is 12.1 Å². The smallest absolute Gasteiger partial charge is 0.315 e. The van der Waals surface area contributed by atoms with Crippen LogP contribution in [0.4, 0.5) is 10.6 Å². The fourth-order valence-electron chi connectivity index (χ4n) is 3.07. The lowest BCUT2D eigenvalue weighted by atomic mass is 10.1. The molecule has 0 spiro atoms. The molecule has 29 heavy (non-hydrogen) atoms. The molecule has 0 saturated carbocycles. The van der Waals surface area contributed by atoms with Gasteiger partial charge in [-0.2, -0.15) is 0 Å². The first-order chi connectivity index (χ1) is 14.1. The zero-order valence-corrected chi connectivity index (χ0v) is 17.5. The van der Waals surface area contributed by atoms with Crippen LogP contribution in [-0.4, -0.2) is 61.9 Å². The van der Waals surface area contributed by atoms with Crippen LogP contribution in [0.1, 0.15) is 11.6 Å². The van der Waals surface area contributed by atoms with Crippen molar-refractivity contribution in [2.24, 2.45) is 0 Å². The average Bonchev–Trinajstić information content (AvgIpc) is 2.73. The first kappa shape index (κ1) is 21.6. The molecular formula is C20H25Cl2N5O2. The Morgan fingerprint density at radius 1 is 1.17 bits per heavy atom. The topological polar surface area (TPSA) is 78.5 Å². The van der Waals surface area contributed by atoms with Gasteiger partial charge in [0.25, 0.3) is 0 Å². The molecule has 2 heterocycles. The maximum atomic E-state index is 12.4. The number of urea groups is 1. The van der Waals surface area contributed by atoms with Crippen molar-refractivity contribution < 1.29 is 9.53 Å². The van der Waals surface area contributed by atoms with Crippen LogP contribution in [0.5, 0.6) is 0 Å². The molecule has 2 aromatic rings. The van der Waals surface area contributed by atoms with E-state index in [2.05, 4.69) is 25.8 Å². The predicted molar refractivity (Wildman–Crippen MR) is 116 cm³/mol. The number of aromatic nitrogens is 1.